The van der Waals surface area contributed by atoms with Crippen LogP contribution in [0, 0.1) is 41.5 Å². The van der Waals surface area contributed by atoms with E-state index in [0.29, 0.717) is 0 Å². The SMILES string of the molecule is Cc1ccc(-c2cc(-c3ccccc3)cc(-c3ccccc3)c2)cc1.Cc1ccc(-c2ccc(-c3ccccc3)c(-c3ccccc3)c2)cc1.Cc1ccc(-c2ccc(C(C)(C)C)cc2)cc1.Cc1ccc(-c2ccccc2)cc1-c1ccccc1.Cc1cccc(-c2ccc(C(C)(C)C)cc2)c1.Cc1cccc(-c2ccc(C(C)(C)C)cc2)c1. The first-order valence-corrected chi connectivity index (χ1v) is 42.2. The molecule has 0 spiro atoms. The quantitative estimate of drug-likeness (QED) is 0.121. The Hall–Kier alpha value is -13.3. The van der Waals surface area contributed by atoms with Crippen molar-refractivity contribution in [2.24, 2.45) is 0 Å². The Morgan fingerprint density at radius 2 is 0.333 bits per heavy atom. The van der Waals surface area contributed by atoms with Crippen molar-refractivity contribution in [1.29, 1.82) is 0 Å². The molecule has 0 atom stereocenters. The second-order valence-electron chi connectivity index (χ2n) is 34.6. The molecule has 0 unspecified atom stereocenters. The van der Waals surface area contributed by atoms with Crippen LogP contribution < -0.4 is 0 Å². The zero-order valence-electron chi connectivity index (χ0n) is 73.0. The van der Waals surface area contributed by atoms with Crippen molar-refractivity contribution in [3.63, 3.8) is 0 Å². The van der Waals surface area contributed by atoms with Gasteiger partial charge in [0.05, 0.1) is 0 Å². The molecule has 0 saturated heterocycles. The average molecular weight is 1560 g/mol. The molecule has 0 nitrogen and oxygen atoms in total. The smallest absolute Gasteiger partial charge is 0.00992 e. The van der Waals surface area contributed by atoms with Crippen molar-refractivity contribution in [1.82, 2.24) is 0 Å². The van der Waals surface area contributed by atoms with Crippen molar-refractivity contribution >= 4 is 0 Å². The molecule has 0 aliphatic heterocycles. The van der Waals surface area contributed by atoms with E-state index < -0.39 is 0 Å². The van der Waals surface area contributed by atoms with Crippen molar-refractivity contribution < 1.29 is 0 Å². The Kier molecular flexibility index (Phi) is 29.2. The van der Waals surface area contributed by atoms with Gasteiger partial charge in [-0.15, -0.1) is 0 Å². The van der Waals surface area contributed by atoms with Gasteiger partial charge in [0.15, 0.2) is 0 Å². The van der Waals surface area contributed by atoms with Crippen molar-refractivity contribution in [2.45, 2.75) is 120 Å². The fourth-order valence-corrected chi connectivity index (χ4v) is 14.6. The number of rotatable bonds is 11. The molecule has 120 heavy (non-hydrogen) atoms. The maximum absolute atomic E-state index is 2.31. The monoisotopic (exact) mass is 1560 g/mol. The minimum absolute atomic E-state index is 0.227. The van der Waals surface area contributed by atoms with Gasteiger partial charge < -0.3 is 0 Å². The highest BCUT2D eigenvalue weighted by molar-refractivity contribution is 5.88. The van der Waals surface area contributed by atoms with E-state index in [2.05, 4.69) is 535 Å². The number of benzene rings is 17. The normalized spacial score (nSPS) is 11.0. The molecule has 0 radical (unpaired) electrons. The molecule has 0 N–H and O–H groups in total. The van der Waals surface area contributed by atoms with Crippen molar-refractivity contribution in [3.05, 3.63) is 481 Å². The minimum Gasteiger partial charge on any atom is -0.0622 e. The third-order valence-electron chi connectivity index (χ3n) is 21.9. The second kappa shape index (κ2) is 40.7. The van der Waals surface area contributed by atoms with E-state index in [1.807, 2.05) is 0 Å². The van der Waals surface area contributed by atoms with Crippen LogP contribution in [0.25, 0.3) is 122 Å². The minimum atomic E-state index is 0.227. The van der Waals surface area contributed by atoms with Gasteiger partial charge in [0.1, 0.15) is 0 Å². The van der Waals surface area contributed by atoms with E-state index in [1.54, 1.807) is 0 Å². The topological polar surface area (TPSA) is 0 Å². The van der Waals surface area contributed by atoms with Gasteiger partial charge >= 0.3 is 0 Å². The van der Waals surface area contributed by atoms with Crippen LogP contribution in [0.4, 0.5) is 0 Å². The number of aryl methyl sites for hydroxylation is 6. The highest BCUT2D eigenvalue weighted by Gasteiger charge is 2.17. The maximum atomic E-state index is 2.31. The molecular formula is C120H116. The van der Waals surface area contributed by atoms with E-state index in [9.17, 15) is 0 Å². The zero-order chi connectivity index (χ0) is 84.6. The lowest BCUT2D eigenvalue weighted by Crippen LogP contribution is -2.10. The molecule has 0 aliphatic rings. The molecule has 0 aliphatic carbocycles. The molecule has 0 bridgehead atoms. The summed E-state index contributed by atoms with van der Waals surface area (Å²) < 4.78 is 0. The Morgan fingerprint density at radius 1 is 0.125 bits per heavy atom. The lowest BCUT2D eigenvalue weighted by molar-refractivity contribution is 0.590. The van der Waals surface area contributed by atoms with Gasteiger partial charge in [-0.2, -0.15) is 0 Å². The number of hydrogen-bond acceptors (Lipinski definition) is 0. The first-order valence-electron chi connectivity index (χ1n) is 42.2. The van der Waals surface area contributed by atoms with Gasteiger partial charge in [0.25, 0.3) is 0 Å². The third kappa shape index (κ3) is 24.4. The first-order chi connectivity index (χ1) is 57.8. The largest absolute Gasteiger partial charge is 0.0622 e. The van der Waals surface area contributed by atoms with Crippen LogP contribution in [-0.4, -0.2) is 0 Å². The molecule has 17 aromatic carbocycles. The first kappa shape index (κ1) is 86.1. The van der Waals surface area contributed by atoms with E-state index in [1.165, 1.54) is 172 Å². The van der Waals surface area contributed by atoms with Crippen molar-refractivity contribution in [3.8, 4) is 122 Å². The molecule has 0 heteroatoms. The van der Waals surface area contributed by atoms with Crippen LogP contribution >= 0.6 is 0 Å². The van der Waals surface area contributed by atoms with Gasteiger partial charge in [-0.1, -0.05) is 491 Å². The fraction of sp³-hybridized carbons (Fsp3) is 0.150. The van der Waals surface area contributed by atoms with Crippen LogP contribution in [0.3, 0.4) is 0 Å². The van der Waals surface area contributed by atoms with E-state index in [0.717, 1.165) is 0 Å². The molecule has 0 aromatic heterocycles. The second-order valence-corrected chi connectivity index (χ2v) is 34.6. The Labute approximate surface area is 718 Å². The molecule has 0 saturated carbocycles. The standard InChI is InChI=1S/2C25H20.C19H16.3C17H20/c1-19-12-14-22(15-13-19)25-17-23(20-8-4-2-5-9-20)16-24(18-25)21-10-6-3-7-11-21;1-19-12-14-20(15-13-19)23-16-17-24(21-8-4-2-5-9-21)25(18-23)22-10-6-3-7-11-22;1-15-12-13-18(16-8-4-2-5-9-16)14-19(15)17-10-6-3-7-11-17;1-13-5-7-14(8-6-13)15-9-11-16(12-10-15)17(2,3)4;2*1-13-6-5-7-15(12-13)14-8-10-16(11-9-14)17(2,3)4/h2*2-18H,1H3;2-14H,1H3;3*5-12H,1-4H3. The molecular weight excluding hydrogens is 1440 g/mol. The fourth-order valence-electron chi connectivity index (χ4n) is 14.6. The van der Waals surface area contributed by atoms with Gasteiger partial charge in [-0.3, -0.25) is 0 Å². The molecule has 0 fully saturated rings. The summed E-state index contributed by atoms with van der Waals surface area (Å²) in [6.07, 6.45) is 0. The molecule has 17 aromatic rings. The van der Waals surface area contributed by atoms with Gasteiger partial charge in [-0.05, 0) is 233 Å². The van der Waals surface area contributed by atoms with Crippen LogP contribution in [0.15, 0.2) is 431 Å². The summed E-state index contributed by atoms with van der Waals surface area (Å²) in [4.78, 5) is 0. The lowest BCUT2D eigenvalue weighted by Gasteiger charge is -2.19. The summed E-state index contributed by atoms with van der Waals surface area (Å²) in [6.45, 7) is 33.0. The predicted octanol–water partition coefficient (Wildman–Crippen LogP) is 34.2. The highest BCUT2D eigenvalue weighted by atomic mass is 14.2. The van der Waals surface area contributed by atoms with E-state index in [4.69, 9.17) is 0 Å². The molecule has 0 heterocycles. The van der Waals surface area contributed by atoms with E-state index >= 15 is 0 Å². The van der Waals surface area contributed by atoms with Crippen LogP contribution in [-0.2, 0) is 16.2 Å². The zero-order valence-corrected chi connectivity index (χ0v) is 73.0. The maximum Gasteiger partial charge on any atom is -0.00992 e. The summed E-state index contributed by atoms with van der Waals surface area (Å²) >= 11 is 0. The summed E-state index contributed by atoms with van der Waals surface area (Å²) in [6, 6.07) is 154. The lowest BCUT2D eigenvalue weighted by atomic mass is 9.86. The third-order valence-corrected chi connectivity index (χ3v) is 21.9. The Bertz CT molecular complexity index is 5850. The number of hydrogen-bond donors (Lipinski definition) is 0. The van der Waals surface area contributed by atoms with Crippen LogP contribution in [0.2, 0.25) is 0 Å². The Balaban J connectivity index is 0.000000133. The summed E-state index contributed by atoms with van der Waals surface area (Å²) in [5.74, 6) is 0. The molecule has 0 amide bonds. The van der Waals surface area contributed by atoms with Gasteiger partial charge in [0.2, 0.25) is 0 Å². The van der Waals surface area contributed by atoms with E-state index in [-0.39, 0.29) is 16.2 Å². The average Bonchev–Trinajstić information content (AvgIpc) is 0.796. The molecule has 596 valence electrons. The summed E-state index contributed by atoms with van der Waals surface area (Å²) in [5, 5.41) is 0. The summed E-state index contributed by atoms with van der Waals surface area (Å²) in [5.41, 5.74) is 40.5. The molecule has 17 rings (SSSR count). The van der Waals surface area contributed by atoms with Gasteiger partial charge in [-0.25, -0.2) is 0 Å². The van der Waals surface area contributed by atoms with Crippen molar-refractivity contribution in [2.75, 3.05) is 0 Å². The summed E-state index contributed by atoms with van der Waals surface area (Å²) in [7, 11) is 0. The predicted molar refractivity (Wildman–Crippen MR) is 523 cm³/mol. The van der Waals surface area contributed by atoms with Crippen LogP contribution in [0.5, 0.6) is 0 Å². The van der Waals surface area contributed by atoms with Gasteiger partial charge in [0, 0.05) is 0 Å². The highest BCUT2D eigenvalue weighted by Crippen LogP contribution is 2.39. The van der Waals surface area contributed by atoms with Crippen LogP contribution in [0.1, 0.15) is 112 Å². The Morgan fingerprint density at radius 3 is 0.633 bits per heavy atom.